The van der Waals surface area contributed by atoms with E-state index in [-0.39, 0.29) is 25.7 Å². The van der Waals surface area contributed by atoms with Crippen LogP contribution in [0.2, 0.25) is 0 Å². The van der Waals surface area contributed by atoms with Gasteiger partial charge in [0.15, 0.2) is 12.2 Å². The molecule has 0 aliphatic carbocycles. The zero-order chi connectivity index (χ0) is 67.5. The van der Waals surface area contributed by atoms with Crippen molar-refractivity contribution in [3.8, 4) is 0 Å². The average Bonchev–Trinajstić information content (AvgIpc) is 3.12. The first kappa shape index (κ1) is 89.1. The van der Waals surface area contributed by atoms with Crippen LogP contribution < -0.4 is 0 Å². The molecule has 0 rings (SSSR count). The van der Waals surface area contributed by atoms with Crippen molar-refractivity contribution in [1.29, 1.82) is 0 Å². The molecule has 0 saturated carbocycles. The van der Waals surface area contributed by atoms with Gasteiger partial charge in [0, 0.05) is 25.7 Å². The molecule has 0 heterocycles. The van der Waals surface area contributed by atoms with Crippen LogP contribution in [0.4, 0.5) is 0 Å². The Hall–Kier alpha value is -1.94. The summed E-state index contributed by atoms with van der Waals surface area (Å²) in [5, 5.41) is 10.6. The predicted molar refractivity (Wildman–Crippen MR) is 367 cm³/mol. The minimum absolute atomic E-state index is 0.105. The highest BCUT2D eigenvalue weighted by Crippen LogP contribution is 2.45. The molecule has 0 bridgehead atoms. The predicted octanol–water partition coefficient (Wildman–Crippen LogP) is 20.5. The summed E-state index contributed by atoms with van der Waals surface area (Å²) in [6.07, 6.45) is 44.8. The maximum absolute atomic E-state index is 13.0. The van der Waals surface area contributed by atoms with Gasteiger partial charge in [-0.3, -0.25) is 37.3 Å². The molecule has 0 aromatic rings. The molecule has 540 valence electrons. The van der Waals surface area contributed by atoms with E-state index in [0.29, 0.717) is 37.5 Å². The van der Waals surface area contributed by atoms with Gasteiger partial charge in [-0.05, 0) is 49.4 Å². The number of aliphatic hydroxyl groups excluding tert-OH is 1. The molecular formula is C72H140O17P2. The molecule has 19 heteroatoms. The molecule has 17 nitrogen and oxygen atoms in total. The van der Waals surface area contributed by atoms with Gasteiger partial charge in [0.25, 0.3) is 0 Å². The lowest BCUT2D eigenvalue weighted by Crippen LogP contribution is -2.30. The number of phosphoric acid groups is 2. The molecule has 0 fully saturated rings. The van der Waals surface area contributed by atoms with Crippen LogP contribution in [-0.2, 0) is 65.4 Å². The van der Waals surface area contributed by atoms with E-state index in [1.807, 2.05) is 0 Å². The molecule has 0 saturated heterocycles. The van der Waals surface area contributed by atoms with Crippen LogP contribution in [0.25, 0.3) is 0 Å². The summed E-state index contributed by atoms with van der Waals surface area (Å²) in [5.41, 5.74) is 0. The van der Waals surface area contributed by atoms with Crippen LogP contribution in [0.5, 0.6) is 0 Å². The van der Waals surface area contributed by atoms with Crippen molar-refractivity contribution in [2.24, 2.45) is 23.7 Å². The number of carbonyl (C=O) groups is 4. The number of aliphatic hydroxyl groups is 1. The summed E-state index contributed by atoms with van der Waals surface area (Å²) < 4.78 is 68.3. The van der Waals surface area contributed by atoms with Crippen molar-refractivity contribution >= 4 is 39.5 Å². The van der Waals surface area contributed by atoms with Gasteiger partial charge < -0.3 is 33.8 Å². The second-order valence-corrected chi connectivity index (χ2v) is 30.8. The summed E-state index contributed by atoms with van der Waals surface area (Å²) in [7, 11) is -9.90. The van der Waals surface area contributed by atoms with Gasteiger partial charge in [0.05, 0.1) is 26.4 Å². The van der Waals surface area contributed by atoms with Crippen LogP contribution in [0.3, 0.4) is 0 Å². The molecule has 0 spiro atoms. The van der Waals surface area contributed by atoms with E-state index in [1.54, 1.807) is 0 Å². The van der Waals surface area contributed by atoms with Crippen molar-refractivity contribution in [3.05, 3.63) is 0 Å². The fourth-order valence-corrected chi connectivity index (χ4v) is 12.4. The lowest BCUT2D eigenvalue weighted by atomic mass is 10.0. The Bertz CT molecular complexity index is 1800. The molecule has 2 unspecified atom stereocenters. The highest BCUT2D eigenvalue weighted by atomic mass is 31.2. The van der Waals surface area contributed by atoms with Crippen LogP contribution in [0, 0.1) is 23.7 Å². The summed E-state index contributed by atoms with van der Waals surface area (Å²) >= 11 is 0. The highest BCUT2D eigenvalue weighted by molar-refractivity contribution is 7.47. The number of ether oxygens (including phenoxy) is 4. The summed E-state index contributed by atoms with van der Waals surface area (Å²) in [5.74, 6) is 0.803. The van der Waals surface area contributed by atoms with E-state index in [1.165, 1.54) is 148 Å². The molecule has 0 aliphatic rings. The van der Waals surface area contributed by atoms with Crippen LogP contribution >= 0.6 is 15.6 Å². The minimum atomic E-state index is -4.95. The van der Waals surface area contributed by atoms with Gasteiger partial charge in [-0.2, -0.15) is 0 Å². The summed E-state index contributed by atoms with van der Waals surface area (Å²) in [6.45, 7) is 14.0. The fraction of sp³-hybridized carbons (Fsp3) is 0.944. The van der Waals surface area contributed by atoms with E-state index in [2.05, 4.69) is 55.4 Å². The molecule has 91 heavy (non-hydrogen) atoms. The van der Waals surface area contributed by atoms with Gasteiger partial charge in [-0.15, -0.1) is 0 Å². The summed E-state index contributed by atoms with van der Waals surface area (Å²) in [6, 6.07) is 0. The third-order valence-electron chi connectivity index (χ3n) is 16.6. The smallest absolute Gasteiger partial charge is 0.462 e. The van der Waals surface area contributed by atoms with Crippen molar-refractivity contribution in [1.82, 2.24) is 0 Å². The Morgan fingerprint density at radius 1 is 0.275 bits per heavy atom. The van der Waals surface area contributed by atoms with Crippen LogP contribution in [-0.4, -0.2) is 96.7 Å². The molecule has 0 radical (unpaired) electrons. The second-order valence-electron chi connectivity index (χ2n) is 27.9. The van der Waals surface area contributed by atoms with E-state index in [9.17, 15) is 43.2 Å². The van der Waals surface area contributed by atoms with Gasteiger partial charge in [0.1, 0.15) is 19.3 Å². The van der Waals surface area contributed by atoms with E-state index in [0.717, 1.165) is 115 Å². The van der Waals surface area contributed by atoms with Gasteiger partial charge in [-0.25, -0.2) is 9.13 Å². The van der Waals surface area contributed by atoms with Crippen molar-refractivity contribution in [3.63, 3.8) is 0 Å². The normalized spacial score (nSPS) is 14.2. The minimum Gasteiger partial charge on any atom is -0.462 e. The number of unbranched alkanes of at least 4 members (excludes halogenated alkanes) is 35. The molecule has 5 atom stereocenters. The summed E-state index contributed by atoms with van der Waals surface area (Å²) in [4.78, 5) is 72.5. The molecular weight excluding hydrogens is 1200 g/mol. The number of carbonyl (C=O) groups excluding carboxylic acids is 4. The number of esters is 4. The Morgan fingerprint density at radius 3 is 0.681 bits per heavy atom. The highest BCUT2D eigenvalue weighted by Gasteiger charge is 2.30. The van der Waals surface area contributed by atoms with Gasteiger partial charge in [0.2, 0.25) is 0 Å². The topological polar surface area (TPSA) is 237 Å². The fourth-order valence-electron chi connectivity index (χ4n) is 10.8. The van der Waals surface area contributed by atoms with Crippen molar-refractivity contribution in [2.75, 3.05) is 39.6 Å². The Balaban J connectivity index is 5.18. The van der Waals surface area contributed by atoms with Gasteiger partial charge >= 0.3 is 39.5 Å². The van der Waals surface area contributed by atoms with E-state index in [4.69, 9.17) is 37.0 Å². The maximum Gasteiger partial charge on any atom is 0.472 e. The quantitative estimate of drug-likeness (QED) is 0.0222. The first-order chi connectivity index (χ1) is 43.6. The first-order valence-electron chi connectivity index (χ1n) is 37.2. The number of hydrogen-bond donors (Lipinski definition) is 3. The Morgan fingerprint density at radius 2 is 0.462 bits per heavy atom. The number of rotatable bonds is 69. The van der Waals surface area contributed by atoms with Crippen LogP contribution in [0.1, 0.15) is 357 Å². The Kier molecular flexibility index (Phi) is 60.3. The lowest BCUT2D eigenvalue weighted by Gasteiger charge is -2.21. The number of phosphoric ester groups is 2. The molecule has 0 amide bonds. The van der Waals surface area contributed by atoms with E-state index < -0.39 is 97.5 Å². The zero-order valence-electron chi connectivity index (χ0n) is 59.5. The third-order valence-corrected chi connectivity index (χ3v) is 18.5. The monoisotopic (exact) mass is 1340 g/mol. The molecule has 0 aromatic carbocycles. The van der Waals surface area contributed by atoms with Gasteiger partial charge in [-0.1, -0.05) is 306 Å². The standard InChI is InChI=1S/C72H140O17P2/c1-62(2)48-40-32-24-20-16-13-11-9-10-12-14-18-22-26-38-46-54-71(76)88-67(58-82-69(74)52-44-36-30-28-34-42-50-64(5)6)60-86-90(78,79)84-56-66(73)57-85-91(80,81)87-61-68(59-83-70(75)53-45-37-31-29-35-43-51-65(7)8)89-72(77)55-47-39-27-23-19-15-17-21-25-33-41-49-63(3)4/h62-68,73H,9-61H2,1-8H3,(H,78,79)(H,80,81)/t66-,67-,68-/m1/s1. The third kappa shape index (κ3) is 66.5. The first-order valence-corrected chi connectivity index (χ1v) is 40.2. The molecule has 0 aromatic heterocycles. The van der Waals surface area contributed by atoms with E-state index >= 15 is 0 Å². The number of hydrogen-bond acceptors (Lipinski definition) is 15. The molecule has 3 N–H and O–H groups in total. The zero-order valence-corrected chi connectivity index (χ0v) is 61.3. The average molecular weight is 1340 g/mol. The molecule has 0 aliphatic heterocycles. The SMILES string of the molecule is CC(C)CCCCCCCCCCCCCCCCCCC(=O)O[C@H](COC(=O)CCCCCCCCC(C)C)COP(=O)(O)OC[C@@H](O)COP(=O)(O)OC[C@@H](COC(=O)CCCCCCCCC(C)C)OC(=O)CCCCCCCCCCCCCC(C)C. The maximum atomic E-state index is 13.0. The largest absolute Gasteiger partial charge is 0.472 e. The van der Waals surface area contributed by atoms with Crippen molar-refractivity contribution in [2.45, 2.75) is 375 Å². The van der Waals surface area contributed by atoms with Crippen LogP contribution in [0.15, 0.2) is 0 Å². The second kappa shape index (κ2) is 61.6. The lowest BCUT2D eigenvalue weighted by molar-refractivity contribution is -0.161. The van der Waals surface area contributed by atoms with Crippen molar-refractivity contribution < 1.29 is 80.2 Å². The Labute approximate surface area is 556 Å².